The normalized spacial score (nSPS) is 18.3. The highest BCUT2D eigenvalue weighted by molar-refractivity contribution is 5.81. The smallest absolute Gasteiger partial charge is 0.309 e. The van der Waals surface area contributed by atoms with Crippen LogP contribution in [0.15, 0.2) is 12.1 Å². The molecule has 4 heteroatoms. The van der Waals surface area contributed by atoms with Crippen molar-refractivity contribution in [2.75, 3.05) is 7.11 Å². The van der Waals surface area contributed by atoms with Crippen LogP contribution in [-0.2, 0) is 22.4 Å². The lowest BCUT2D eigenvalue weighted by molar-refractivity contribution is -0.145. The highest BCUT2D eigenvalue weighted by Gasteiger charge is 2.27. The van der Waals surface area contributed by atoms with Crippen LogP contribution in [0.5, 0.6) is 5.75 Å². The highest BCUT2D eigenvalue weighted by Crippen LogP contribution is 2.34. The Bertz CT molecular complexity index is 465. The molecule has 0 aliphatic heterocycles. The van der Waals surface area contributed by atoms with Gasteiger partial charge in [0.15, 0.2) is 6.29 Å². The highest BCUT2D eigenvalue weighted by atomic mass is 16.5. The van der Waals surface area contributed by atoms with Crippen LogP contribution >= 0.6 is 0 Å². The standard InChI is InChI=1S/C13H14O4/c1-17-13(16)9-4-2-8-3-5-10(7-14)12(15)11(8)6-9/h3,5,7,9,15H,2,4,6H2,1H3. The Balaban J connectivity index is 2.35. The van der Waals surface area contributed by atoms with Gasteiger partial charge in [-0.25, -0.2) is 0 Å². The monoisotopic (exact) mass is 234 g/mol. The Hall–Kier alpha value is -1.84. The first-order valence-electron chi connectivity index (χ1n) is 5.54. The zero-order valence-electron chi connectivity index (χ0n) is 9.60. The van der Waals surface area contributed by atoms with Gasteiger partial charge in [0.1, 0.15) is 5.75 Å². The number of aldehydes is 1. The number of phenols is 1. The topological polar surface area (TPSA) is 63.6 Å². The molecule has 2 rings (SSSR count). The Morgan fingerprint density at radius 2 is 2.29 bits per heavy atom. The number of aryl methyl sites for hydroxylation is 1. The van der Waals surface area contributed by atoms with Crippen molar-refractivity contribution < 1.29 is 19.4 Å². The Kier molecular flexibility index (Phi) is 3.13. The Labute approximate surface area is 99.2 Å². The molecular weight excluding hydrogens is 220 g/mol. The van der Waals surface area contributed by atoms with E-state index in [2.05, 4.69) is 0 Å². The molecule has 0 fully saturated rings. The number of rotatable bonds is 2. The van der Waals surface area contributed by atoms with Gasteiger partial charge in [0, 0.05) is 0 Å². The van der Waals surface area contributed by atoms with Crippen molar-refractivity contribution >= 4 is 12.3 Å². The molecule has 1 aromatic rings. The average Bonchev–Trinajstić information content (AvgIpc) is 2.38. The van der Waals surface area contributed by atoms with E-state index >= 15 is 0 Å². The van der Waals surface area contributed by atoms with Gasteiger partial charge in [-0.2, -0.15) is 0 Å². The quantitative estimate of drug-likeness (QED) is 0.622. The zero-order chi connectivity index (χ0) is 12.4. The number of esters is 1. The Morgan fingerprint density at radius 3 is 2.94 bits per heavy atom. The largest absolute Gasteiger partial charge is 0.507 e. The summed E-state index contributed by atoms with van der Waals surface area (Å²) < 4.78 is 4.71. The van der Waals surface area contributed by atoms with Crippen LogP contribution in [0.25, 0.3) is 0 Å². The molecule has 4 nitrogen and oxygen atoms in total. The average molecular weight is 234 g/mol. The van der Waals surface area contributed by atoms with Crippen molar-refractivity contribution in [3.63, 3.8) is 0 Å². The molecule has 1 aliphatic carbocycles. The van der Waals surface area contributed by atoms with Crippen molar-refractivity contribution in [2.45, 2.75) is 19.3 Å². The van der Waals surface area contributed by atoms with Gasteiger partial charge < -0.3 is 9.84 Å². The summed E-state index contributed by atoms with van der Waals surface area (Å²) in [6.45, 7) is 0. The lowest BCUT2D eigenvalue weighted by Gasteiger charge is -2.23. The third-order valence-electron chi connectivity index (χ3n) is 3.29. The minimum Gasteiger partial charge on any atom is -0.507 e. The summed E-state index contributed by atoms with van der Waals surface area (Å²) in [7, 11) is 1.36. The van der Waals surface area contributed by atoms with Crippen LogP contribution in [0.2, 0.25) is 0 Å². The maximum atomic E-state index is 11.5. The zero-order valence-corrected chi connectivity index (χ0v) is 9.60. The van der Waals surface area contributed by atoms with Gasteiger partial charge in [-0.15, -0.1) is 0 Å². The number of methoxy groups -OCH3 is 1. The molecule has 0 saturated heterocycles. The third kappa shape index (κ3) is 2.02. The molecule has 1 N–H and O–H groups in total. The number of phenolic OH excluding ortho intramolecular Hbond substituents is 1. The van der Waals surface area contributed by atoms with Crippen molar-refractivity contribution in [3.05, 3.63) is 28.8 Å². The summed E-state index contributed by atoms with van der Waals surface area (Å²) in [6, 6.07) is 3.45. The number of aromatic hydroxyl groups is 1. The minimum absolute atomic E-state index is 0.00565. The molecule has 0 aromatic heterocycles. The predicted octanol–water partition coefficient (Wildman–Crippen LogP) is 1.48. The maximum absolute atomic E-state index is 11.5. The predicted molar refractivity (Wildman–Crippen MR) is 61.0 cm³/mol. The fourth-order valence-electron chi connectivity index (χ4n) is 2.30. The molecule has 0 spiro atoms. The van der Waals surface area contributed by atoms with E-state index in [-0.39, 0.29) is 23.2 Å². The molecule has 0 radical (unpaired) electrons. The van der Waals surface area contributed by atoms with Gasteiger partial charge in [0.05, 0.1) is 18.6 Å². The summed E-state index contributed by atoms with van der Waals surface area (Å²) in [4.78, 5) is 22.2. The summed E-state index contributed by atoms with van der Waals surface area (Å²) >= 11 is 0. The second-order valence-corrected chi connectivity index (χ2v) is 4.22. The van der Waals surface area contributed by atoms with Crippen molar-refractivity contribution in [1.29, 1.82) is 0 Å². The van der Waals surface area contributed by atoms with Crippen LogP contribution in [-0.4, -0.2) is 24.5 Å². The van der Waals surface area contributed by atoms with E-state index in [1.54, 1.807) is 6.07 Å². The van der Waals surface area contributed by atoms with E-state index < -0.39 is 0 Å². The number of benzene rings is 1. The number of fused-ring (bicyclic) bond motifs is 1. The van der Waals surface area contributed by atoms with Crippen LogP contribution in [0.1, 0.15) is 27.9 Å². The van der Waals surface area contributed by atoms with E-state index in [0.29, 0.717) is 18.3 Å². The minimum atomic E-state index is -0.258. The fraction of sp³-hybridized carbons (Fsp3) is 0.385. The number of hydrogen-bond donors (Lipinski definition) is 1. The first-order chi connectivity index (χ1) is 8.17. The molecule has 1 unspecified atom stereocenters. The van der Waals surface area contributed by atoms with Crippen molar-refractivity contribution in [3.8, 4) is 5.75 Å². The fourth-order valence-corrected chi connectivity index (χ4v) is 2.30. The van der Waals surface area contributed by atoms with E-state index in [1.807, 2.05) is 6.07 Å². The van der Waals surface area contributed by atoms with Crippen LogP contribution < -0.4 is 0 Å². The maximum Gasteiger partial charge on any atom is 0.309 e. The molecule has 0 amide bonds. The summed E-state index contributed by atoms with van der Waals surface area (Å²) in [5.41, 5.74) is 1.98. The van der Waals surface area contributed by atoms with Gasteiger partial charge >= 0.3 is 5.97 Å². The number of ether oxygens (including phenoxy) is 1. The summed E-state index contributed by atoms with van der Waals surface area (Å²) in [6.07, 6.45) is 2.51. The molecule has 1 aliphatic rings. The lowest BCUT2D eigenvalue weighted by Crippen LogP contribution is -2.24. The number of carbonyl (C=O) groups excluding carboxylic acids is 2. The van der Waals surface area contributed by atoms with Crippen molar-refractivity contribution in [1.82, 2.24) is 0 Å². The Morgan fingerprint density at radius 1 is 1.53 bits per heavy atom. The van der Waals surface area contributed by atoms with Gasteiger partial charge in [-0.05, 0) is 36.5 Å². The molecular formula is C13H14O4. The molecule has 17 heavy (non-hydrogen) atoms. The van der Waals surface area contributed by atoms with Gasteiger partial charge in [-0.1, -0.05) is 6.07 Å². The second-order valence-electron chi connectivity index (χ2n) is 4.22. The van der Waals surface area contributed by atoms with E-state index in [0.717, 1.165) is 18.4 Å². The van der Waals surface area contributed by atoms with E-state index in [9.17, 15) is 14.7 Å². The van der Waals surface area contributed by atoms with E-state index in [4.69, 9.17) is 4.74 Å². The molecule has 90 valence electrons. The van der Waals surface area contributed by atoms with Crippen LogP contribution in [0.4, 0.5) is 0 Å². The molecule has 1 aromatic carbocycles. The molecule has 0 bridgehead atoms. The molecule has 0 heterocycles. The second kappa shape index (κ2) is 4.57. The van der Waals surface area contributed by atoms with Crippen LogP contribution in [0, 0.1) is 5.92 Å². The summed E-state index contributed by atoms with van der Waals surface area (Å²) in [5, 5.41) is 9.92. The SMILES string of the molecule is COC(=O)C1CCc2ccc(C=O)c(O)c2C1. The summed E-state index contributed by atoms with van der Waals surface area (Å²) in [5.74, 6) is -0.474. The van der Waals surface area contributed by atoms with Gasteiger partial charge in [0.2, 0.25) is 0 Å². The first kappa shape index (κ1) is 11.6. The molecule has 0 saturated carbocycles. The lowest BCUT2D eigenvalue weighted by atomic mass is 9.82. The molecule has 1 atom stereocenters. The number of hydrogen-bond acceptors (Lipinski definition) is 4. The first-order valence-corrected chi connectivity index (χ1v) is 5.54. The van der Waals surface area contributed by atoms with Crippen LogP contribution in [0.3, 0.4) is 0 Å². The van der Waals surface area contributed by atoms with Gasteiger partial charge in [-0.3, -0.25) is 9.59 Å². The van der Waals surface area contributed by atoms with Crippen molar-refractivity contribution in [2.24, 2.45) is 5.92 Å². The van der Waals surface area contributed by atoms with Gasteiger partial charge in [0.25, 0.3) is 0 Å². The number of carbonyl (C=O) groups is 2. The third-order valence-corrected chi connectivity index (χ3v) is 3.29. The van der Waals surface area contributed by atoms with E-state index in [1.165, 1.54) is 7.11 Å².